The molecule has 2 aromatic carbocycles. The molecule has 2 aliphatic rings. The number of rotatable bonds is 6. The van der Waals surface area contributed by atoms with E-state index in [0.717, 1.165) is 42.2 Å². The number of nitrogens with one attached hydrogen (secondary N) is 2. The van der Waals surface area contributed by atoms with Gasteiger partial charge in [-0.1, -0.05) is 23.7 Å². The summed E-state index contributed by atoms with van der Waals surface area (Å²) >= 11 is 6.07. The minimum absolute atomic E-state index is 0.0246. The van der Waals surface area contributed by atoms with Gasteiger partial charge in [-0.3, -0.25) is 4.79 Å². The summed E-state index contributed by atoms with van der Waals surface area (Å²) in [5.74, 6) is 0.493. The molecule has 6 rings (SSSR count). The van der Waals surface area contributed by atoms with E-state index >= 15 is 0 Å². The first-order valence-electron chi connectivity index (χ1n) is 12.9. The molecule has 2 aromatic heterocycles. The molecule has 0 spiro atoms. The number of hydrogen-bond acceptors (Lipinski definition) is 7. The van der Waals surface area contributed by atoms with E-state index in [2.05, 4.69) is 20.6 Å². The number of hydrogen-bond donors (Lipinski definition) is 3. The van der Waals surface area contributed by atoms with E-state index in [1.54, 1.807) is 4.52 Å². The maximum atomic E-state index is 12.6. The van der Waals surface area contributed by atoms with E-state index < -0.39 is 6.10 Å². The summed E-state index contributed by atoms with van der Waals surface area (Å²) < 4.78 is 1.76. The Labute approximate surface area is 226 Å². The van der Waals surface area contributed by atoms with Crippen molar-refractivity contribution in [1.29, 1.82) is 0 Å². The second-order valence-corrected chi connectivity index (χ2v) is 10.4. The number of likely N-dealkylation sites (tertiary alicyclic amines) is 1. The second-order valence-electron chi connectivity index (χ2n) is 9.96. The highest BCUT2D eigenvalue weighted by molar-refractivity contribution is 6.30. The molecule has 9 nitrogen and oxygen atoms in total. The molecule has 3 N–H and O–H groups in total. The van der Waals surface area contributed by atoms with E-state index in [1.807, 2.05) is 78.8 Å². The van der Waals surface area contributed by atoms with Gasteiger partial charge in [0.15, 0.2) is 5.65 Å². The van der Waals surface area contributed by atoms with E-state index in [4.69, 9.17) is 16.6 Å². The zero-order valence-electron chi connectivity index (χ0n) is 21.1. The Bertz CT molecular complexity index is 1430. The van der Waals surface area contributed by atoms with Crippen LogP contribution >= 0.6 is 11.6 Å². The maximum Gasteiger partial charge on any atom is 0.253 e. The van der Waals surface area contributed by atoms with E-state index in [-0.39, 0.29) is 11.8 Å². The Morgan fingerprint density at radius 2 is 1.82 bits per heavy atom. The number of halogens is 1. The minimum atomic E-state index is -0.414. The number of benzene rings is 2. The predicted molar refractivity (Wildman–Crippen MR) is 148 cm³/mol. The molecular weight excluding hydrogens is 502 g/mol. The van der Waals surface area contributed by atoms with Gasteiger partial charge in [-0.15, -0.1) is 5.10 Å². The molecule has 2 aliphatic heterocycles. The largest absolute Gasteiger partial charge is 0.392 e. The van der Waals surface area contributed by atoms with Gasteiger partial charge in [-0.2, -0.15) is 4.98 Å². The Morgan fingerprint density at radius 3 is 2.55 bits per heavy atom. The lowest BCUT2D eigenvalue weighted by Gasteiger charge is -2.39. The predicted octanol–water partition coefficient (Wildman–Crippen LogP) is 3.52. The fourth-order valence-electron chi connectivity index (χ4n) is 5.22. The first-order chi connectivity index (χ1) is 18.5. The number of likely N-dealkylation sites (N-methyl/N-ethyl adjacent to an activating group) is 1. The molecule has 0 saturated carbocycles. The molecule has 0 radical (unpaired) electrons. The van der Waals surface area contributed by atoms with Crippen LogP contribution in [0.25, 0.3) is 5.65 Å². The molecule has 4 aromatic rings. The summed E-state index contributed by atoms with van der Waals surface area (Å²) in [4.78, 5) is 21.5. The summed E-state index contributed by atoms with van der Waals surface area (Å²) in [6.07, 6.45) is 2.12. The molecule has 2 fully saturated rings. The molecule has 196 valence electrons. The number of carbonyl (C=O) groups excluding carboxylic acids is 1. The van der Waals surface area contributed by atoms with Crippen LogP contribution in [-0.2, 0) is 0 Å². The van der Waals surface area contributed by atoms with Crippen LogP contribution in [-0.4, -0.2) is 75.9 Å². The molecule has 1 amide bonds. The van der Waals surface area contributed by atoms with Crippen molar-refractivity contribution in [1.82, 2.24) is 24.8 Å². The second kappa shape index (κ2) is 10.2. The van der Waals surface area contributed by atoms with Crippen molar-refractivity contribution in [3.05, 3.63) is 83.0 Å². The van der Waals surface area contributed by atoms with Gasteiger partial charge in [0.05, 0.1) is 11.8 Å². The molecule has 0 bridgehead atoms. The SMILES string of the molecule is CNC1CN(C(=O)c2ccc(Nc3nc4c(N5CCC(O)C(c6ccc(Cl)cc6)C5)cccn4n3)cc2)C1. The fourth-order valence-corrected chi connectivity index (χ4v) is 5.35. The highest BCUT2D eigenvalue weighted by Gasteiger charge is 2.31. The fraction of sp³-hybridized carbons (Fsp3) is 0.321. The molecule has 0 aliphatic carbocycles. The lowest BCUT2D eigenvalue weighted by Crippen LogP contribution is -2.58. The summed E-state index contributed by atoms with van der Waals surface area (Å²) in [6.45, 7) is 2.86. The molecule has 38 heavy (non-hydrogen) atoms. The number of carbonyl (C=O) groups is 1. The van der Waals surface area contributed by atoms with Crippen molar-refractivity contribution in [2.75, 3.05) is 43.4 Å². The smallest absolute Gasteiger partial charge is 0.253 e. The average molecular weight is 532 g/mol. The van der Waals surface area contributed by atoms with Crippen molar-refractivity contribution in [2.45, 2.75) is 24.5 Å². The van der Waals surface area contributed by atoms with Crippen molar-refractivity contribution < 1.29 is 9.90 Å². The van der Waals surface area contributed by atoms with Crippen LogP contribution in [0.15, 0.2) is 66.9 Å². The Hall–Kier alpha value is -3.66. The summed E-state index contributed by atoms with van der Waals surface area (Å²) in [6, 6.07) is 19.5. The van der Waals surface area contributed by atoms with Gasteiger partial charge in [0.1, 0.15) is 0 Å². The van der Waals surface area contributed by atoms with Crippen molar-refractivity contribution in [3.8, 4) is 0 Å². The Morgan fingerprint density at radius 1 is 1.05 bits per heavy atom. The normalized spacial score (nSPS) is 20.0. The third-order valence-electron chi connectivity index (χ3n) is 7.52. The van der Waals surface area contributed by atoms with Crippen LogP contribution < -0.4 is 15.5 Å². The van der Waals surface area contributed by atoms with Gasteiger partial charge >= 0.3 is 0 Å². The van der Waals surface area contributed by atoms with Gasteiger partial charge in [0, 0.05) is 60.6 Å². The van der Waals surface area contributed by atoms with Crippen LogP contribution in [0.4, 0.5) is 17.3 Å². The topological polar surface area (TPSA) is 98.0 Å². The number of nitrogens with zero attached hydrogens (tertiary/aromatic N) is 5. The minimum Gasteiger partial charge on any atom is -0.392 e. The number of pyridine rings is 1. The van der Waals surface area contributed by atoms with Gasteiger partial charge in [-0.25, -0.2) is 4.52 Å². The zero-order valence-corrected chi connectivity index (χ0v) is 21.8. The molecular formula is C28H30ClN7O2. The first kappa shape index (κ1) is 24.7. The number of piperidine rings is 1. The third-order valence-corrected chi connectivity index (χ3v) is 7.77. The number of fused-ring (bicyclic) bond motifs is 1. The molecule has 4 heterocycles. The highest BCUT2D eigenvalue weighted by Crippen LogP contribution is 2.33. The number of aromatic nitrogens is 3. The lowest BCUT2D eigenvalue weighted by atomic mass is 9.88. The average Bonchev–Trinajstić information content (AvgIpc) is 3.32. The van der Waals surface area contributed by atoms with Gasteiger partial charge in [0.2, 0.25) is 5.95 Å². The first-order valence-corrected chi connectivity index (χ1v) is 13.2. The zero-order chi connectivity index (χ0) is 26.2. The molecule has 2 atom stereocenters. The van der Waals surface area contributed by atoms with Gasteiger partial charge in [0.25, 0.3) is 5.91 Å². The van der Waals surface area contributed by atoms with E-state index in [1.165, 1.54) is 0 Å². The number of anilines is 3. The lowest BCUT2D eigenvalue weighted by molar-refractivity contribution is 0.0577. The molecule has 2 unspecified atom stereocenters. The van der Waals surface area contributed by atoms with E-state index in [0.29, 0.717) is 35.5 Å². The van der Waals surface area contributed by atoms with E-state index in [9.17, 15) is 9.90 Å². The number of amides is 1. The third kappa shape index (κ3) is 4.80. The van der Waals surface area contributed by atoms with Crippen LogP contribution in [0.2, 0.25) is 5.02 Å². The number of aliphatic hydroxyl groups is 1. The van der Waals surface area contributed by atoms with Crippen molar-refractivity contribution >= 4 is 40.5 Å². The summed E-state index contributed by atoms with van der Waals surface area (Å²) in [5.41, 5.74) is 4.25. The van der Waals surface area contributed by atoms with Crippen molar-refractivity contribution in [3.63, 3.8) is 0 Å². The highest BCUT2D eigenvalue weighted by atomic mass is 35.5. The Kier molecular flexibility index (Phi) is 6.65. The number of aliphatic hydroxyl groups excluding tert-OH is 1. The summed E-state index contributed by atoms with van der Waals surface area (Å²) in [7, 11) is 1.91. The van der Waals surface area contributed by atoms with Crippen LogP contribution in [0.1, 0.15) is 28.3 Å². The van der Waals surface area contributed by atoms with Crippen molar-refractivity contribution in [2.24, 2.45) is 0 Å². The molecule has 2 saturated heterocycles. The summed E-state index contributed by atoms with van der Waals surface area (Å²) in [5, 5.41) is 22.5. The van der Waals surface area contributed by atoms with Crippen LogP contribution in [0.5, 0.6) is 0 Å². The maximum absolute atomic E-state index is 12.6. The van der Waals surface area contributed by atoms with Crippen LogP contribution in [0, 0.1) is 0 Å². The Balaban J connectivity index is 1.18. The van der Waals surface area contributed by atoms with Gasteiger partial charge < -0.3 is 25.5 Å². The van der Waals surface area contributed by atoms with Gasteiger partial charge in [-0.05, 0) is 67.6 Å². The molecule has 10 heteroatoms. The quantitative estimate of drug-likeness (QED) is 0.350. The monoisotopic (exact) mass is 531 g/mol. The standard InChI is InChI=1S/C28H30ClN7O2/c1-30-22-15-35(16-22)27(38)19-6-10-21(11-7-19)31-28-32-26-24(3-2-13-36(26)33-28)34-14-12-25(37)23(17-34)18-4-8-20(29)9-5-18/h2-11,13,22-23,25,30,37H,12,14-17H2,1H3,(H,31,33). The van der Waals surface area contributed by atoms with Crippen LogP contribution in [0.3, 0.4) is 0 Å².